The van der Waals surface area contributed by atoms with E-state index < -0.39 is 6.04 Å². The first kappa shape index (κ1) is 17.0. The highest BCUT2D eigenvalue weighted by atomic mass is 32.1. The molecule has 1 aromatic heterocycles. The van der Waals surface area contributed by atoms with Crippen LogP contribution in [0.5, 0.6) is 0 Å². The predicted molar refractivity (Wildman–Crippen MR) is 93.5 cm³/mol. The molecule has 9 heteroatoms. The second-order valence-corrected chi connectivity index (χ2v) is 6.56. The Balaban J connectivity index is 1.58. The quantitative estimate of drug-likeness (QED) is 0.750. The molecule has 1 unspecified atom stereocenters. The topological polar surface area (TPSA) is 113 Å². The van der Waals surface area contributed by atoms with E-state index in [4.69, 9.17) is 0 Å². The van der Waals surface area contributed by atoms with E-state index >= 15 is 0 Å². The van der Waals surface area contributed by atoms with Crippen LogP contribution in [0.4, 0.5) is 10.8 Å². The van der Waals surface area contributed by atoms with Crippen LogP contribution < -0.4 is 16.0 Å². The molecule has 0 radical (unpaired) electrons. The summed E-state index contributed by atoms with van der Waals surface area (Å²) in [5.74, 6) is -0.950. The van der Waals surface area contributed by atoms with E-state index in [1.54, 1.807) is 24.3 Å². The number of anilines is 2. The summed E-state index contributed by atoms with van der Waals surface area (Å²) in [6.45, 7) is 1.96. The van der Waals surface area contributed by atoms with Crippen LogP contribution in [0, 0.1) is 0 Å². The monoisotopic (exact) mass is 359 g/mol. The fourth-order valence-electron chi connectivity index (χ4n) is 2.42. The van der Waals surface area contributed by atoms with Gasteiger partial charge < -0.3 is 16.0 Å². The summed E-state index contributed by atoms with van der Waals surface area (Å²) in [5, 5.41) is 17.1. The molecule has 1 aliphatic rings. The Morgan fingerprint density at radius 1 is 1.28 bits per heavy atom. The standard InChI is InChI=1S/C16H17N5O3S/c1-2-13-20-21-16(25-13)19-12(22)8-7-11-15(24)17-10-6-4-3-5-9(10)14(23)18-11/h3-6,11H,2,7-8H2,1H3,(H,17,24)(H,18,23)(H,19,21,22). The number of amides is 3. The number of aromatic nitrogens is 2. The molecule has 0 spiro atoms. The number of benzene rings is 1. The molecule has 0 bridgehead atoms. The minimum absolute atomic E-state index is 0.0791. The lowest BCUT2D eigenvalue weighted by Gasteiger charge is -2.13. The van der Waals surface area contributed by atoms with Crippen molar-refractivity contribution >= 4 is 39.9 Å². The number of hydrogen-bond donors (Lipinski definition) is 3. The largest absolute Gasteiger partial charge is 0.340 e. The summed E-state index contributed by atoms with van der Waals surface area (Å²) in [4.78, 5) is 36.5. The molecule has 2 aromatic rings. The maximum absolute atomic E-state index is 12.3. The Morgan fingerprint density at radius 3 is 2.84 bits per heavy atom. The van der Waals surface area contributed by atoms with Gasteiger partial charge in [-0.3, -0.25) is 14.4 Å². The second kappa shape index (κ2) is 7.39. The molecule has 3 N–H and O–H groups in total. The molecule has 0 saturated carbocycles. The third kappa shape index (κ3) is 4.00. The van der Waals surface area contributed by atoms with Crippen LogP contribution in [0.1, 0.15) is 35.1 Å². The first-order valence-corrected chi connectivity index (χ1v) is 8.71. The van der Waals surface area contributed by atoms with Crippen molar-refractivity contribution < 1.29 is 14.4 Å². The number of para-hydroxylation sites is 1. The number of nitrogens with one attached hydrogen (secondary N) is 3. The highest BCUT2D eigenvalue weighted by Crippen LogP contribution is 2.20. The number of hydrogen-bond acceptors (Lipinski definition) is 6. The molecular weight excluding hydrogens is 342 g/mol. The molecule has 1 aliphatic heterocycles. The minimum Gasteiger partial charge on any atom is -0.340 e. The maximum atomic E-state index is 12.3. The summed E-state index contributed by atoms with van der Waals surface area (Å²) < 4.78 is 0. The minimum atomic E-state index is -0.772. The van der Waals surface area contributed by atoms with Gasteiger partial charge in [0.2, 0.25) is 16.9 Å². The number of carbonyl (C=O) groups excluding carboxylic acids is 3. The maximum Gasteiger partial charge on any atom is 0.254 e. The Kier molecular flexibility index (Phi) is 5.03. The van der Waals surface area contributed by atoms with Crippen LogP contribution in [0.25, 0.3) is 0 Å². The molecule has 8 nitrogen and oxygen atoms in total. The molecule has 1 atom stereocenters. The van der Waals surface area contributed by atoms with Crippen molar-refractivity contribution in [1.82, 2.24) is 15.5 Å². The van der Waals surface area contributed by atoms with Gasteiger partial charge in [0.15, 0.2) is 0 Å². The van der Waals surface area contributed by atoms with Crippen molar-refractivity contribution in [2.45, 2.75) is 32.2 Å². The highest BCUT2D eigenvalue weighted by Gasteiger charge is 2.27. The van der Waals surface area contributed by atoms with Gasteiger partial charge in [-0.05, 0) is 25.0 Å². The van der Waals surface area contributed by atoms with Gasteiger partial charge in [-0.25, -0.2) is 0 Å². The number of aryl methyl sites for hydroxylation is 1. The molecule has 0 aliphatic carbocycles. The van der Waals surface area contributed by atoms with Gasteiger partial charge in [0, 0.05) is 6.42 Å². The SMILES string of the molecule is CCc1nnc(NC(=O)CCC2NC(=O)c3ccccc3NC2=O)s1. The van der Waals surface area contributed by atoms with E-state index in [0.29, 0.717) is 16.4 Å². The van der Waals surface area contributed by atoms with Crippen molar-refractivity contribution in [1.29, 1.82) is 0 Å². The van der Waals surface area contributed by atoms with Crippen LogP contribution in [0.3, 0.4) is 0 Å². The molecule has 25 heavy (non-hydrogen) atoms. The first-order valence-electron chi connectivity index (χ1n) is 7.89. The lowest BCUT2D eigenvalue weighted by Crippen LogP contribution is -2.41. The van der Waals surface area contributed by atoms with E-state index in [2.05, 4.69) is 26.1 Å². The van der Waals surface area contributed by atoms with Crippen molar-refractivity contribution in [3.8, 4) is 0 Å². The smallest absolute Gasteiger partial charge is 0.254 e. The fraction of sp³-hybridized carbons (Fsp3) is 0.312. The summed E-state index contributed by atoms with van der Waals surface area (Å²) in [6.07, 6.45) is 1.02. The number of carbonyl (C=O) groups is 3. The van der Waals surface area contributed by atoms with Crippen molar-refractivity contribution in [2.24, 2.45) is 0 Å². The van der Waals surface area contributed by atoms with Gasteiger partial charge in [-0.1, -0.05) is 30.4 Å². The summed E-state index contributed by atoms with van der Waals surface area (Å²) in [7, 11) is 0. The van der Waals surface area contributed by atoms with Crippen LogP contribution in [-0.2, 0) is 16.0 Å². The summed E-state index contributed by atoms with van der Waals surface area (Å²) in [6, 6.07) is 6.01. The zero-order chi connectivity index (χ0) is 17.8. The van der Waals surface area contributed by atoms with E-state index in [1.807, 2.05) is 6.92 Å². The van der Waals surface area contributed by atoms with E-state index in [9.17, 15) is 14.4 Å². The number of nitrogens with zero attached hydrogens (tertiary/aromatic N) is 2. The zero-order valence-electron chi connectivity index (χ0n) is 13.5. The van der Waals surface area contributed by atoms with Crippen molar-refractivity contribution in [2.75, 3.05) is 10.6 Å². The lowest BCUT2D eigenvalue weighted by molar-refractivity contribution is -0.118. The first-order chi connectivity index (χ1) is 12.1. The third-order valence-electron chi connectivity index (χ3n) is 3.73. The molecule has 3 rings (SSSR count). The molecule has 0 fully saturated rings. The van der Waals surface area contributed by atoms with Gasteiger partial charge in [0.05, 0.1) is 11.3 Å². The molecule has 1 aromatic carbocycles. The molecule has 130 valence electrons. The highest BCUT2D eigenvalue weighted by molar-refractivity contribution is 7.15. The third-order valence-corrected chi connectivity index (χ3v) is 4.71. The van der Waals surface area contributed by atoms with Crippen molar-refractivity contribution in [3.63, 3.8) is 0 Å². The van der Waals surface area contributed by atoms with E-state index in [0.717, 1.165) is 11.4 Å². The summed E-state index contributed by atoms with van der Waals surface area (Å²) >= 11 is 1.32. The Hall–Kier alpha value is -2.81. The Labute approximate surface area is 148 Å². The Morgan fingerprint density at radius 2 is 2.08 bits per heavy atom. The zero-order valence-corrected chi connectivity index (χ0v) is 14.4. The van der Waals surface area contributed by atoms with Gasteiger partial charge in [-0.15, -0.1) is 10.2 Å². The lowest BCUT2D eigenvalue weighted by atomic mass is 10.1. The van der Waals surface area contributed by atoms with Crippen LogP contribution in [0.15, 0.2) is 24.3 Å². The molecule has 2 heterocycles. The predicted octanol–water partition coefficient (Wildman–Crippen LogP) is 1.57. The second-order valence-electron chi connectivity index (χ2n) is 5.50. The van der Waals surface area contributed by atoms with Crippen LogP contribution >= 0.6 is 11.3 Å². The van der Waals surface area contributed by atoms with Crippen LogP contribution in [-0.4, -0.2) is 34.0 Å². The fourth-order valence-corrected chi connectivity index (χ4v) is 3.11. The van der Waals surface area contributed by atoms with E-state index in [1.165, 1.54) is 11.3 Å². The number of rotatable bonds is 5. The van der Waals surface area contributed by atoms with Gasteiger partial charge in [0.1, 0.15) is 11.0 Å². The normalized spacial score (nSPS) is 16.4. The average molecular weight is 359 g/mol. The van der Waals surface area contributed by atoms with Crippen molar-refractivity contribution in [3.05, 3.63) is 34.8 Å². The Bertz CT molecular complexity index is 820. The summed E-state index contributed by atoms with van der Waals surface area (Å²) in [5.41, 5.74) is 0.877. The molecule has 3 amide bonds. The average Bonchev–Trinajstić information content (AvgIpc) is 3.01. The van der Waals surface area contributed by atoms with Gasteiger partial charge in [-0.2, -0.15) is 0 Å². The van der Waals surface area contributed by atoms with Gasteiger partial charge >= 0.3 is 0 Å². The number of fused-ring (bicyclic) bond motifs is 1. The van der Waals surface area contributed by atoms with Crippen LogP contribution in [0.2, 0.25) is 0 Å². The molecule has 0 saturated heterocycles. The molecular formula is C16H17N5O3S. The van der Waals surface area contributed by atoms with E-state index in [-0.39, 0.29) is 30.6 Å². The van der Waals surface area contributed by atoms with Gasteiger partial charge in [0.25, 0.3) is 5.91 Å².